The first-order valence-electron chi connectivity index (χ1n) is 5.09. The third kappa shape index (κ3) is 7.80. The lowest BCUT2D eigenvalue weighted by Gasteiger charge is -2.03. The molecule has 0 aromatic rings. The van der Waals surface area contributed by atoms with E-state index in [4.69, 9.17) is 15.3 Å². The Morgan fingerprint density at radius 2 is 1.79 bits per heavy atom. The molecule has 0 aliphatic heterocycles. The maximum atomic E-state index is 8.70. The summed E-state index contributed by atoms with van der Waals surface area (Å²) in [6.07, 6.45) is 5.99. The molecule has 0 radical (unpaired) electrons. The number of unbranched alkanes of at least 4 members (excludes halogenated alkanes) is 3. The first-order chi connectivity index (χ1) is 6.70. The van der Waals surface area contributed by atoms with Crippen molar-refractivity contribution in [3.63, 3.8) is 0 Å². The maximum Gasteiger partial charge on any atom is 0.180 e. The molecule has 0 atom stereocenters. The molecular formula is C11H21NO2. The predicted octanol–water partition coefficient (Wildman–Crippen LogP) is 2.50. The average Bonchev–Trinajstić information content (AvgIpc) is 2.22. The molecule has 0 aromatic carbocycles. The van der Waals surface area contributed by atoms with Gasteiger partial charge in [-0.2, -0.15) is 0 Å². The molecule has 0 bridgehead atoms. The van der Waals surface area contributed by atoms with Gasteiger partial charge in [-0.3, -0.25) is 5.41 Å². The highest BCUT2D eigenvalue weighted by molar-refractivity contribution is 5.72. The van der Waals surface area contributed by atoms with Gasteiger partial charge in [0, 0.05) is 6.42 Å². The molecule has 0 aliphatic rings. The summed E-state index contributed by atoms with van der Waals surface area (Å²) < 4.78 is 4.75. The molecule has 0 saturated heterocycles. The molecule has 3 nitrogen and oxygen atoms in total. The fourth-order valence-corrected chi connectivity index (χ4v) is 1.20. The number of ether oxygens (including phenoxy) is 1. The van der Waals surface area contributed by atoms with Crippen LogP contribution in [0.3, 0.4) is 0 Å². The van der Waals surface area contributed by atoms with E-state index in [9.17, 15) is 0 Å². The van der Waals surface area contributed by atoms with Crippen LogP contribution >= 0.6 is 0 Å². The van der Waals surface area contributed by atoms with E-state index in [1.54, 1.807) is 0 Å². The van der Waals surface area contributed by atoms with Crippen molar-refractivity contribution >= 4 is 5.90 Å². The van der Waals surface area contributed by atoms with E-state index in [1.807, 2.05) is 0 Å². The Labute approximate surface area is 86.3 Å². The minimum absolute atomic E-state index is 0.105. The van der Waals surface area contributed by atoms with Crippen molar-refractivity contribution in [3.8, 4) is 0 Å². The molecule has 82 valence electrons. The molecular weight excluding hydrogens is 178 g/mol. The summed E-state index contributed by atoms with van der Waals surface area (Å²) in [4.78, 5) is 0. The Balaban J connectivity index is 3.14. The summed E-state index contributed by atoms with van der Waals surface area (Å²) in [5.41, 5.74) is 0.912. The molecule has 2 N–H and O–H groups in total. The van der Waals surface area contributed by atoms with E-state index in [1.165, 1.54) is 7.11 Å². The molecule has 0 spiro atoms. The van der Waals surface area contributed by atoms with Gasteiger partial charge in [-0.15, -0.1) is 0 Å². The number of nitrogens with one attached hydrogen (secondary N) is 1. The van der Waals surface area contributed by atoms with Crippen molar-refractivity contribution in [2.45, 2.75) is 38.5 Å². The molecule has 0 rings (SSSR count). The highest BCUT2D eigenvalue weighted by Crippen LogP contribution is 2.09. The van der Waals surface area contributed by atoms with Crippen molar-refractivity contribution in [1.29, 1.82) is 5.41 Å². The minimum atomic E-state index is 0.105. The lowest BCUT2D eigenvalue weighted by molar-refractivity contribution is 0.326. The van der Waals surface area contributed by atoms with E-state index >= 15 is 0 Å². The minimum Gasteiger partial charge on any atom is -0.484 e. The van der Waals surface area contributed by atoms with Crippen molar-refractivity contribution in [1.82, 2.24) is 0 Å². The van der Waals surface area contributed by atoms with Gasteiger partial charge in [-0.25, -0.2) is 0 Å². The van der Waals surface area contributed by atoms with Gasteiger partial charge in [0.2, 0.25) is 0 Å². The van der Waals surface area contributed by atoms with Crippen LogP contribution in [0.1, 0.15) is 38.5 Å². The maximum absolute atomic E-state index is 8.70. The summed E-state index contributed by atoms with van der Waals surface area (Å²) in [6, 6.07) is 0. The van der Waals surface area contributed by atoms with Crippen molar-refractivity contribution in [2.75, 3.05) is 13.7 Å². The van der Waals surface area contributed by atoms with E-state index < -0.39 is 0 Å². The Morgan fingerprint density at radius 3 is 2.29 bits per heavy atom. The predicted molar refractivity (Wildman–Crippen MR) is 58.7 cm³/mol. The summed E-state index contributed by atoms with van der Waals surface area (Å²) >= 11 is 0. The highest BCUT2D eigenvalue weighted by Gasteiger charge is 1.96. The Morgan fingerprint density at radius 1 is 1.21 bits per heavy atom. The second kappa shape index (κ2) is 8.75. The van der Waals surface area contributed by atoms with Crippen LogP contribution in [0.2, 0.25) is 0 Å². The van der Waals surface area contributed by atoms with Gasteiger partial charge in [-0.1, -0.05) is 25.0 Å². The molecule has 3 heteroatoms. The quantitative estimate of drug-likeness (QED) is 0.273. The van der Waals surface area contributed by atoms with E-state index in [-0.39, 0.29) is 6.61 Å². The number of aliphatic hydroxyl groups excluding tert-OH is 1. The topological polar surface area (TPSA) is 53.3 Å². The molecule has 0 fully saturated rings. The van der Waals surface area contributed by atoms with E-state index in [0.29, 0.717) is 5.90 Å². The van der Waals surface area contributed by atoms with Crippen molar-refractivity contribution in [2.24, 2.45) is 0 Å². The first-order valence-corrected chi connectivity index (χ1v) is 5.09. The van der Waals surface area contributed by atoms with Crippen LogP contribution in [0.4, 0.5) is 0 Å². The molecule has 0 saturated carbocycles. The second-order valence-corrected chi connectivity index (χ2v) is 3.45. The number of hydrogen-bond acceptors (Lipinski definition) is 3. The lowest BCUT2D eigenvalue weighted by Crippen LogP contribution is -1.98. The van der Waals surface area contributed by atoms with Crippen molar-refractivity contribution < 1.29 is 9.84 Å². The Kier molecular flexibility index (Phi) is 8.24. The number of aliphatic hydroxyl groups is 1. The zero-order valence-electron chi connectivity index (χ0n) is 9.01. The number of rotatable bonds is 8. The van der Waals surface area contributed by atoms with E-state index in [0.717, 1.165) is 44.1 Å². The molecule has 0 aliphatic carbocycles. The highest BCUT2D eigenvalue weighted by atomic mass is 16.5. The summed E-state index contributed by atoms with van der Waals surface area (Å²) in [5.74, 6) is 0.366. The van der Waals surface area contributed by atoms with Gasteiger partial charge in [0.05, 0.1) is 13.7 Å². The van der Waals surface area contributed by atoms with Gasteiger partial charge in [-0.05, 0) is 19.3 Å². The summed E-state index contributed by atoms with van der Waals surface area (Å²) in [6.45, 7) is 3.83. The van der Waals surface area contributed by atoms with Crippen LogP contribution in [-0.2, 0) is 4.74 Å². The van der Waals surface area contributed by atoms with Gasteiger partial charge in [0.1, 0.15) is 0 Å². The van der Waals surface area contributed by atoms with Crippen LogP contribution in [0.5, 0.6) is 0 Å². The largest absolute Gasteiger partial charge is 0.484 e. The first kappa shape index (κ1) is 13.2. The van der Waals surface area contributed by atoms with Crippen LogP contribution < -0.4 is 0 Å². The fourth-order valence-electron chi connectivity index (χ4n) is 1.20. The van der Waals surface area contributed by atoms with Crippen molar-refractivity contribution in [3.05, 3.63) is 12.2 Å². The Bertz CT molecular complexity index is 158. The summed E-state index contributed by atoms with van der Waals surface area (Å²) in [5, 5.41) is 15.9. The van der Waals surface area contributed by atoms with Gasteiger partial charge in [0.15, 0.2) is 5.90 Å². The summed E-state index contributed by atoms with van der Waals surface area (Å²) in [7, 11) is 1.54. The number of methoxy groups -OCH3 is 1. The second-order valence-electron chi connectivity index (χ2n) is 3.45. The molecule has 0 heterocycles. The van der Waals surface area contributed by atoms with Gasteiger partial charge in [0.25, 0.3) is 0 Å². The smallest absolute Gasteiger partial charge is 0.180 e. The van der Waals surface area contributed by atoms with Crippen LogP contribution in [-0.4, -0.2) is 24.7 Å². The van der Waals surface area contributed by atoms with Gasteiger partial charge >= 0.3 is 0 Å². The third-order valence-electron chi connectivity index (χ3n) is 2.15. The zero-order valence-corrected chi connectivity index (χ0v) is 9.01. The van der Waals surface area contributed by atoms with E-state index in [2.05, 4.69) is 6.58 Å². The van der Waals surface area contributed by atoms with Crippen LogP contribution in [0, 0.1) is 5.41 Å². The van der Waals surface area contributed by atoms with Crippen LogP contribution in [0.25, 0.3) is 0 Å². The normalized spacial score (nSPS) is 9.86. The SMILES string of the molecule is C=C(CO)CCCCCCC(=N)OC. The van der Waals surface area contributed by atoms with Gasteiger partial charge < -0.3 is 9.84 Å². The molecule has 14 heavy (non-hydrogen) atoms. The molecule has 0 aromatic heterocycles. The molecule has 0 amide bonds. The fraction of sp³-hybridized carbons (Fsp3) is 0.727. The molecule has 0 unspecified atom stereocenters. The Hall–Kier alpha value is -0.830. The monoisotopic (exact) mass is 199 g/mol. The third-order valence-corrected chi connectivity index (χ3v) is 2.15. The number of hydrogen-bond donors (Lipinski definition) is 2. The zero-order chi connectivity index (χ0) is 10.8. The lowest BCUT2D eigenvalue weighted by atomic mass is 10.1. The van der Waals surface area contributed by atoms with Crippen LogP contribution in [0.15, 0.2) is 12.2 Å². The standard InChI is InChI=1S/C11H21NO2/c1-10(9-13)7-5-3-4-6-8-11(12)14-2/h12-13H,1,3-9H2,2H3. The average molecular weight is 199 g/mol.